The number of carbonyl (C=O) groups is 1. The number of rotatable bonds is 7. The van der Waals surface area contributed by atoms with E-state index in [4.69, 9.17) is 4.74 Å². The first-order valence-corrected chi connectivity index (χ1v) is 6.56. The maximum atomic E-state index is 11.2. The molecule has 1 aromatic carbocycles. The molecule has 0 spiro atoms. The number of methoxy groups -OCH3 is 1. The molecule has 1 aromatic rings. The number of anilines is 1. The molecule has 0 saturated carbocycles. The van der Waals surface area contributed by atoms with Crippen LogP contribution in [-0.2, 0) is 4.74 Å². The number of thioether (sulfide) groups is 1. The molecule has 1 rings (SSSR count). The van der Waals surface area contributed by atoms with Gasteiger partial charge in [0.2, 0.25) is 0 Å². The number of carboxylic acid groups (broad SMARTS) is 1. The van der Waals surface area contributed by atoms with Crippen LogP contribution in [0.15, 0.2) is 23.1 Å². The summed E-state index contributed by atoms with van der Waals surface area (Å²) in [7, 11) is 1.65. The molecule has 0 bridgehead atoms. The van der Waals surface area contributed by atoms with Crippen molar-refractivity contribution in [1.82, 2.24) is 0 Å². The van der Waals surface area contributed by atoms with Gasteiger partial charge >= 0.3 is 5.97 Å². The van der Waals surface area contributed by atoms with Crippen molar-refractivity contribution < 1.29 is 14.6 Å². The van der Waals surface area contributed by atoms with E-state index in [1.165, 1.54) is 11.8 Å². The van der Waals surface area contributed by atoms with E-state index in [9.17, 15) is 9.90 Å². The molecule has 0 radical (unpaired) electrons. The number of aromatic carboxylic acids is 1. The highest BCUT2D eigenvalue weighted by Gasteiger charge is 2.14. The molecular weight excluding hydrogens is 238 g/mol. The molecule has 94 valence electrons. The summed E-state index contributed by atoms with van der Waals surface area (Å²) in [6.45, 7) is 1.36. The van der Waals surface area contributed by atoms with Crippen molar-refractivity contribution in [3.05, 3.63) is 23.8 Å². The minimum atomic E-state index is -0.899. The third-order valence-corrected chi connectivity index (χ3v) is 3.08. The minimum Gasteiger partial charge on any atom is -0.478 e. The van der Waals surface area contributed by atoms with E-state index in [1.54, 1.807) is 13.2 Å². The van der Waals surface area contributed by atoms with Crippen molar-refractivity contribution in [2.75, 3.05) is 31.8 Å². The monoisotopic (exact) mass is 255 g/mol. The predicted octanol–water partition coefficient (Wildman–Crippen LogP) is 2.56. The van der Waals surface area contributed by atoms with Gasteiger partial charge in [-0.3, -0.25) is 0 Å². The number of carboxylic acids is 1. The highest BCUT2D eigenvalue weighted by molar-refractivity contribution is 7.98. The number of hydrogen-bond acceptors (Lipinski definition) is 4. The lowest BCUT2D eigenvalue weighted by atomic mass is 10.1. The molecule has 0 aromatic heterocycles. The predicted molar refractivity (Wildman–Crippen MR) is 70.2 cm³/mol. The fourth-order valence-corrected chi connectivity index (χ4v) is 2.12. The molecule has 4 nitrogen and oxygen atoms in total. The van der Waals surface area contributed by atoms with Crippen LogP contribution in [0.2, 0.25) is 0 Å². The lowest BCUT2D eigenvalue weighted by Crippen LogP contribution is -2.10. The van der Waals surface area contributed by atoms with E-state index in [1.807, 2.05) is 18.4 Å². The summed E-state index contributed by atoms with van der Waals surface area (Å²) in [5.41, 5.74) is 1.01. The zero-order valence-electron chi connectivity index (χ0n) is 10.0. The smallest absolute Gasteiger partial charge is 0.338 e. The van der Waals surface area contributed by atoms with Gasteiger partial charge in [0.15, 0.2) is 0 Å². The van der Waals surface area contributed by atoms with Gasteiger partial charge in [0, 0.05) is 30.8 Å². The van der Waals surface area contributed by atoms with E-state index >= 15 is 0 Å². The average molecular weight is 255 g/mol. The Hall–Kier alpha value is -1.20. The SMILES string of the molecule is COCCCNc1cccc(SC)c1C(=O)O. The number of benzene rings is 1. The second-order valence-electron chi connectivity index (χ2n) is 3.46. The second-order valence-corrected chi connectivity index (χ2v) is 4.31. The van der Waals surface area contributed by atoms with Crippen LogP contribution in [0.4, 0.5) is 5.69 Å². The molecule has 0 saturated heterocycles. The molecule has 0 atom stereocenters. The Morgan fingerprint density at radius 1 is 1.53 bits per heavy atom. The molecule has 0 heterocycles. The molecule has 0 unspecified atom stereocenters. The van der Waals surface area contributed by atoms with Gasteiger partial charge < -0.3 is 15.2 Å². The summed E-state index contributed by atoms with van der Waals surface area (Å²) in [4.78, 5) is 12.0. The van der Waals surface area contributed by atoms with Crippen molar-refractivity contribution in [3.8, 4) is 0 Å². The zero-order chi connectivity index (χ0) is 12.7. The fraction of sp³-hybridized carbons (Fsp3) is 0.417. The van der Waals surface area contributed by atoms with Crippen LogP contribution in [0, 0.1) is 0 Å². The molecule has 5 heteroatoms. The number of nitrogens with one attached hydrogen (secondary N) is 1. The maximum Gasteiger partial charge on any atom is 0.338 e. The summed E-state index contributed by atoms with van der Waals surface area (Å²) in [5, 5.41) is 12.3. The third-order valence-electron chi connectivity index (χ3n) is 2.30. The Labute approximate surface area is 105 Å². The molecule has 0 amide bonds. The maximum absolute atomic E-state index is 11.2. The van der Waals surface area contributed by atoms with Crippen molar-refractivity contribution in [3.63, 3.8) is 0 Å². The van der Waals surface area contributed by atoms with Gasteiger partial charge in [0.1, 0.15) is 0 Å². The Balaban J connectivity index is 2.79. The van der Waals surface area contributed by atoms with Crippen LogP contribution >= 0.6 is 11.8 Å². The summed E-state index contributed by atoms with van der Waals surface area (Å²) in [6.07, 6.45) is 2.72. The fourth-order valence-electron chi connectivity index (χ4n) is 1.51. The molecule has 0 aliphatic carbocycles. The van der Waals surface area contributed by atoms with E-state index in [0.29, 0.717) is 24.4 Å². The van der Waals surface area contributed by atoms with Crippen LogP contribution in [0.3, 0.4) is 0 Å². The highest BCUT2D eigenvalue weighted by atomic mass is 32.2. The van der Waals surface area contributed by atoms with Crippen LogP contribution in [0.25, 0.3) is 0 Å². The first-order chi connectivity index (χ1) is 8.20. The Kier molecular flexibility index (Phi) is 5.86. The van der Waals surface area contributed by atoms with E-state index in [2.05, 4.69) is 5.32 Å². The van der Waals surface area contributed by atoms with Gasteiger partial charge in [-0.05, 0) is 24.8 Å². The minimum absolute atomic E-state index is 0.345. The summed E-state index contributed by atoms with van der Waals surface area (Å²) in [5.74, 6) is -0.899. The lowest BCUT2D eigenvalue weighted by Gasteiger charge is -2.12. The quantitative estimate of drug-likeness (QED) is 0.579. The van der Waals surface area contributed by atoms with Crippen molar-refractivity contribution in [2.24, 2.45) is 0 Å². The summed E-state index contributed by atoms with van der Waals surface area (Å²) >= 11 is 1.44. The Bertz CT molecular complexity index is 382. The first-order valence-electron chi connectivity index (χ1n) is 5.33. The normalized spacial score (nSPS) is 10.2. The highest BCUT2D eigenvalue weighted by Crippen LogP contribution is 2.27. The molecule has 17 heavy (non-hydrogen) atoms. The molecule has 0 fully saturated rings. The van der Waals surface area contributed by atoms with Crippen LogP contribution in [0.1, 0.15) is 16.8 Å². The molecule has 0 aliphatic rings. The second kappa shape index (κ2) is 7.19. The molecule has 2 N–H and O–H groups in total. The first kappa shape index (κ1) is 13.9. The van der Waals surface area contributed by atoms with Gasteiger partial charge in [-0.1, -0.05) is 6.07 Å². The topological polar surface area (TPSA) is 58.6 Å². The Morgan fingerprint density at radius 2 is 2.29 bits per heavy atom. The van der Waals surface area contributed by atoms with Crippen LogP contribution < -0.4 is 5.32 Å². The molecular formula is C12H17NO3S. The largest absolute Gasteiger partial charge is 0.478 e. The zero-order valence-corrected chi connectivity index (χ0v) is 10.8. The van der Waals surface area contributed by atoms with E-state index in [-0.39, 0.29) is 0 Å². The van der Waals surface area contributed by atoms with Gasteiger partial charge in [-0.15, -0.1) is 11.8 Å². The van der Waals surface area contributed by atoms with E-state index in [0.717, 1.165) is 11.3 Å². The van der Waals surface area contributed by atoms with Crippen molar-refractivity contribution >= 4 is 23.4 Å². The van der Waals surface area contributed by atoms with Gasteiger partial charge in [0.25, 0.3) is 0 Å². The van der Waals surface area contributed by atoms with Gasteiger partial charge in [-0.25, -0.2) is 4.79 Å². The van der Waals surface area contributed by atoms with Crippen molar-refractivity contribution in [2.45, 2.75) is 11.3 Å². The summed E-state index contributed by atoms with van der Waals surface area (Å²) < 4.78 is 4.94. The van der Waals surface area contributed by atoms with Gasteiger partial charge in [-0.2, -0.15) is 0 Å². The van der Waals surface area contributed by atoms with Gasteiger partial charge in [0.05, 0.1) is 5.56 Å². The van der Waals surface area contributed by atoms with E-state index < -0.39 is 5.97 Å². The number of hydrogen-bond donors (Lipinski definition) is 2. The van der Waals surface area contributed by atoms with Crippen molar-refractivity contribution in [1.29, 1.82) is 0 Å². The molecule has 0 aliphatic heterocycles. The number of ether oxygens (including phenoxy) is 1. The average Bonchev–Trinajstić information content (AvgIpc) is 2.33. The lowest BCUT2D eigenvalue weighted by molar-refractivity contribution is 0.0694. The Morgan fingerprint density at radius 3 is 2.88 bits per heavy atom. The third kappa shape index (κ3) is 3.94. The summed E-state index contributed by atoms with van der Waals surface area (Å²) in [6, 6.07) is 5.46. The van der Waals surface area contributed by atoms with Crippen LogP contribution in [0.5, 0.6) is 0 Å². The van der Waals surface area contributed by atoms with Crippen LogP contribution in [-0.4, -0.2) is 37.6 Å². The standard InChI is InChI=1S/C12H17NO3S/c1-16-8-4-7-13-9-5-3-6-10(17-2)11(9)12(14)15/h3,5-6,13H,4,7-8H2,1-2H3,(H,14,15).